The van der Waals surface area contributed by atoms with Crippen LogP contribution in [0.15, 0.2) is 41.8 Å². The Morgan fingerprint density at radius 3 is 2.95 bits per heavy atom. The van der Waals surface area contributed by atoms with Gasteiger partial charge in [-0.15, -0.1) is 23.1 Å². The van der Waals surface area contributed by atoms with Crippen LogP contribution in [-0.4, -0.2) is 23.2 Å². The lowest BCUT2D eigenvalue weighted by molar-refractivity contribution is 0.199. The molecular weight excluding hydrogens is 307 g/mol. The third-order valence-corrected chi connectivity index (χ3v) is 5.44. The molecule has 1 fully saturated rings. The third-order valence-electron chi connectivity index (χ3n) is 3.32. The molecule has 110 valence electrons. The van der Waals surface area contributed by atoms with Crippen molar-refractivity contribution in [2.24, 2.45) is 0 Å². The highest BCUT2D eigenvalue weighted by Gasteiger charge is 2.32. The Bertz CT molecular complexity index is 618. The third kappa shape index (κ3) is 3.22. The van der Waals surface area contributed by atoms with Crippen LogP contribution in [0, 0.1) is 5.82 Å². The van der Waals surface area contributed by atoms with Gasteiger partial charge in [0.2, 0.25) is 0 Å². The second-order valence-corrected chi connectivity index (χ2v) is 6.90. The molecule has 3 nitrogen and oxygen atoms in total. The summed E-state index contributed by atoms with van der Waals surface area (Å²) in [7, 11) is 0. The van der Waals surface area contributed by atoms with E-state index in [0.717, 1.165) is 10.6 Å². The zero-order valence-corrected chi connectivity index (χ0v) is 12.9. The van der Waals surface area contributed by atoms with Crippen molar-refractivity contribution in [2.75, 3.05) is 12.3 Å². The summed E-state index contributed by atoms with van der Waals surface area (Å²) in [6, 6.07) is 10.5. The molecule has 0 aliphatic carbocycles. The lowest BCUT2D eigenvalue weighted by Gasteiger charge is -2.24. The van der Waals surface area contributed by atoms with Gasteiger partial charge in [-0.25, -0.2) is 9.18 Å². The molecule has 0 bridgehead atoms. The van der Waals surface area contributed by atoms with E-state index >= 15 is 0 Å². The molecule has 1 aromatic carbocycles. The fourth-order valence-corrected chi connectivity index (χ4v) is 4.21. The van der Waals surface area contributed by atoms with Crippen molar-refractivity contribution in [3.05, 3.63) is 58.0 Å². The molecule has 2 amide bonds. The minimum atomic E-state index is -0.257. The number of carbonyl (C=O) groups is 1. The van der Waals surface area contributed by atoms with Gasteiger partial charge in [-0.3, -0.25) is 0 Å². The van der Waals surface area contributed by atoms with Crippen LogP contribution in [0.25, 0.3) is 0 Å². The number of rotatable bonds is 3. The van der Waals surface area contributed by atoms with E-state index in [2.05, 4.69) is 5.32 Å². The first-order valence-electron chi connectivity index (χ1n) is 6.68. The quantitative estimate of drug-likeness (QED) is 0.931. The van der Waals surface area contributed by atoms with Crippen molar-refractivity contribution in [3.8, 4) is 0 Å². The molecule has 2 aromatic rings. The van der Waals surface area contributed by atoms with Gasteiger partial charge in [-0.2, -0.15) is 0 Å². The molecule has 21 heavy (non-hydrogen) atoms. The number of nitrogens with zero attached hydrogens (tertiary/aromatic N) is 1. The molecule has 1 aliphatic rings. The summed E-state index contributed by atoms with van der Waals surface area (Å²) in [5.41, 5.74) is 0.575. The van der Waals surface area contributed by atoms with E-state index in [0.29, 0.717) is 18.7 Å². The Labute approximate surface area is 131 Å². The number of thioether (sulfide) groups is 1. The van der Waals surface area contributed by atoms with E-state index < -0.39 is 0 Å². The number of nitrogens with one attached hydrogen (secondary N) is 1. The topological polar surface area (TPSA) is 32.3 Å². The van der Waals surface area contributed by atoms with Crippen LogP contribution in [0.2, 0.25) is 0 Å². The van der Waals surface area contributed by atoms with Crippen LogP contribution in [0.5, 0.6) is 0 Å². The minimum absolute atomic E-state index is 0.137. The molecule has 3 rings (SSSR count). The van der Waals surface area contributed by atoms with Gasteiger partial charge in [0.05, 0.1) is 6.54 Å². The number of urea groups is 1. The molecule has 0 radical (unpaired) electrons. The number of thiophene rings is 1. The van der Waals surface area contributed by atoms with E-state index in [1.165, 1.54) is 6.07 Å². The van der Waals surface area contributed by atoms with E-state index in [9.17, 15) is 9.18 Å². The van der Waals surface area contributed by atoms with Crippen molar-refractivity contribution in [3.63, 3.8) is 0 Å². The standard InChI is InChI=1S/C15H15FN2OS2/c16-13-6-2-1-5-12(13)14-18(7-9-21-14)15(19)17-10-11-4-3-8-20-11/h1-6,8,14H,7,9-10H2,(H,17,19)/t14-/m1/s1. The summed E-state index contributed by atoms with van der Waals surface area (Å²) in [5.74, 6) is 0.568. The summed E-state index contributed by atoms with van der Waals surface area (Å²) in [4.78, 5) is 15.1. The fourth-order valence-electron chi connectivity index (χ4n) is 2.29. The first-order valence-corrected chi connectivity index (χ1v) is 8.61. The van der Waals surface area contributed by atoms with Crippen LogP contribution >= 0.6 is 23.1 Å². The Morgan fingerprint density at radius 2 is 2.19 bits per heavy atom. The van der Waals surface area contributed by atoms with Gasteiger partial charge >= 0.3 is 6.03 Å². The van der Waals surface area contributed by atoms with Crippen LogP contribution in [0.4, 0.5) is 9.18 Å². The highest BCUT2D eigenvalue weighted by Crippen LogP contribution is 2.38. The van der Waals surface area contributed by atoms with Crippen molar-refractivity contribution in [1.29, 1.82) is 0 Å². The van der Waals surface area contributed by atoms with Gasteiger partial charge < -0.3 is 10.2 Å². The Kier molecular flexibility index (Phi) is 4.45. The van der Waals surface area contributed by atoms with E-state index in [-0.39, 0.29) is 17.2 Å². The van der Waals surface area contributed by atoms with Gasteiger partial charge in [0, 0.05) is 22.7 Å². The van der Waals surface area contributed by atoms with E-state index in [1.54, 1.807) is 46.2 Å². The Morgan fingerprint density at radius 1 is 1.33 bits per heavy atom. The largest absolute Gasteiger partial charge is 0.333 e. The average Bonchev–Trinajstić information content (AvgIpc) is 3.16. The second kappa shape index (κ2) is 6.49. The zero-order valence-electron chi connectivity index (χ0n) is 11.3. The Balaban J connectivity index is 1.69. The van der Waals surface area contributed by atoms with Crippen molar-refractivity contribution in [1.82, 2.24) is 10.2 Å². The lowest BCUT2D eigenvalue weighted by atomic mass is 10.2. The first kappa shape index (κ1) is 14.4. The van der Waals surface area contributed by atoms with Gasteiger partial charge in [0.25, 0.3) is 0 Å². The molecular formula is C15H15FN2OS2. The van der Waals surface area contributed by atoms with E-state index in [4.69, 9.17) is 0 Å². The van der Waals surface area contributed by atoms with Crippen molar-refractivity contribution < 1.29 is 9.18 Å². The molecule has 0 unspecified atom stereocenters. The minimum Gasteiger partial charge on any atom is -0.333 e. The number of benzene rings is 1. The summed E-state index contributed by atoms with van der Waals surface area (Å²) in [6.45, 7) is 1.15. The fraction of sp³-hybridized carbons (Fsp3) is 0.267. The zero-order chi connectivity index (χ0) is 14.7. The smallest absolute Gasteiger partial charge is 0.318 e. The van der Waals surface area contributed by atoms with Gasteiger partial charge in [0.1, 0.15) is 11.2 Å². The summed E-state index contributed by atoms with van der Waals surface area (Å²) >= 11 is 3.21. The van der Waals surface area contributed by atoms with Crippen molar-refractivity contribution >= 4 is 29.1 Å². The normalized spacial score (nSPS) is 18.0. The molecule has 2 heterocycles. The maximum atomic E-state index is 13.9. The van der Waals surface area contributed by atoms with Crippen LogP contribution in [0.3, 0.4) is 0 Å². The number of hydrogen-bond donors (Lipinski definition) is 1. The van der Waals surface area contributed by atoms with Gasteiger partial charge in [-0.1, -0.05) is 24.3 Å². The predicted molar refractivity (Wildman–Crippen MR) is 84.9 cm³/mol. The maximum Gasteiger partial charge on any atom is 0.318 e. The molecule has 6 heteroatoms. The number of amides is 2. The number of hydrogen-bond acceptors (Lipinski definition) is 3. The second-order valence-electron chi connectivity index (χ2n) is 4.68. The number of carbonyl (C=O) groups excluding carboxylic acids is 1. The first-order chi connectivity index (χ1) is 10.3. The summed E-state index contributed by atoms with van der Waals surface area (Å²) in [5, 5.41) is 4.65. The molecule has 1 atom stereocenters. The van der Waals surface area contributed by atoms with E-state index in [1.807, 2.05) is 17.5 Å². The molecule has 0 saturated carbocycles. The van der Waals surface area contributed by atoms with Crippen LogP contribution in [0.1, 0.15) is 15.8 Å². The lowest BCUT2D eigenvalue weighted by Crippen LogP contribution is -2.39. The molecule has 1 N–H and O–H groups in total. The molecule has 1 aromatic heterocycles. The highest BCUT2D eigenvalue weighted by molar-refractivity contribution is 7.99. The van der Waals surface area contributed by atoms with Crippen molar-refractivity contribution in [2.45, 2.75) is 11.9 Å². The molecule has 1 saturated heterocycles. The summed E-state index contributed by atoms with van der Waals surface area (Å²) in [6.07, 6.45) is 0. The van der Waals surface area contributed by atoms with Crippen LogP contribution in [-0.2, 0) is 6.54 Å². The van der Waals surface area contributed by atoms with Gasteiger partial charge in [0.15, 0.2) is 0 Å². The number of halogens is 1. The monoisotopic (exact) mass is 322 g/mol. The highest BCUT2D eigenvalue weighted by atomic mass is 32.2. The average molecular weight is 322 g/mol. The van der Waals surface area contributed by atoms with Crippen LogP contribution < -0.4 is 5.32 Å². The molecule has 1 aliphatic heterocycles. The predicted octanol–water partition coefficient (Wildman–Crippen LogP) is 3.84. The summed E-state index contributed by atoms with van der Waals surface area (Å²) < 4.78 is 13.9. The Hall–Kier alpha value is -1.53. The SMILES string of the molecule is O=C(NCc1cccs1)N1CCS[C@@H]1c1ccccc1F. The molecule has 0 spiro atoms. The maximum absolute atomic E-state index is 13.9. The van der Waals surface area contributed by atoms with Gasteiger partial charge in [-0.05, 0) is 17.5 Å².